The van der Waals surface area contributed by atoms with Gasteiger partial charge in [0.1, 0.15) is 0 Å². The molecule has 1 aromatic carbocycles. The number of aromatic nitrogens is 1. The number of nitrogens with zero attached hydrogens (tertiary/aromatic N) is 1. The minimum absolute atomic E-state index is 0.0134. The van der Waals surface area contributed by atoms with E-state index in [-0.39, 0.29) is 17.2 Å². The zero-order valence-corrected chi connectivity index (χ0v) is 13.4. The van der Waals surface area contributed by atoms with Gasteiger partial charge in [-0.2, -0.15) is 0 Å². The Kier molecular flexibility index (Phi) is 4.33. The van der Waals surface area contributed by atoms with Gasteiger partial charge in [-0.05, 0) is 63.1 Å². The fourth-order valence-corrected chi connectivity index (χ4v) is 2.59. The molecule has 2 aromatic rings. The van der Waals surface area contributed by atoms with Crippen LogP contribution in [0.3, 0.4) is 0 Å². The lowest BCUT2D eigenvalue weighted by Gasteiger charge is -2.19. The van der Waals surface area contributed by atoms with Crippen LogP contribution in [-0.4, -0.2) is 9.81 Å². The van der Waals surface area contributed by atoms with Crippen LogP contribution in [0.2, 0.25) is 0 Å². The molecule has 0 fully saturated rings. The van der Waals surface area contributed by atoms with E-state index >= 15 is 0 Å². The fourth-order valence-electron chi connectivity index (χ4n) is 2.45. The molecule has 110 valence electrons. The zero-order chi connectivity index (χ0) is 15.7. The first-order valence-electron chi connectivity index (χ1n) is 6.86. The molecule has 2 rings (SSSR count). The van der Waals surface area contributed by atoms with E-state index in [1.165, 1.54) is 6.07 Å². The molecule has 0 saturated carbocycles. The number of hydrogen-bond donors (Lipinski definition) is 0. The molecule has 0 aliphatic heterocycles. The Morgan fingerprint density at radius 2 is 1.81 bits per heavy atom. The molecule has 21 heavy (non-hydrogen) atoms. The number of aryl methyl sites for hydroxylation is 2. The first kappa shape index (κ1) is 15.5. The van der Waals surface area contributed by atoms with Gasteiger partial charge in [0, 0.05) is 11.6 Å². The molecule has 0 saturated heterocycles. The highest BCUT2D eigenvalue weighted by atomic mass is 35.5. The van der Waals surface area contributed by atoms with Crippen molar-refractivity contribution >= 4 is 16.8 Å². The molecule has 4 heteroatoms. The maximum atomic E-state index is 12.5. The zero-order valence-electron chi connectivity index (χ0n) is 12.6. The van der Waals surface area contributed by atoms with Crippen LogP contribution in [-0.2, 0) is 0 Å². The smallest absolute Gasteiger partial charge is 0.263 e. The van der Waals surface area contributed by atoms with Gasteiger partial charge in [0.15, 0.2) is 0 Å². The number of carbonyl (C=O) groups is 1. The maximum Gasteiger partial charge on any atom is 0.263 e. The Balaban J connectivity index is 2.81. The van der Waals surface area contributed by atoms with Gasteiger partial charge in [0.05, 0.1) is 11.3 Å². The van der Waals surface area contributed by atoms with Crippen LogP contribution in [0.25, 0.3) is 11.3 Å². The molecule has 1 aromatic heterocycles. The largest absolute Gasteiger partial charge is 0.305 e. The van der Waals surface area contributed by atoms with Gasteiger partial charge in [-0.25, -0.2) is 0 Å². The summed E-state index contributed by atoms with van der Waals surface area (Å²) in [5.41, 5.74) is 3.67. The van der Waals surface area contributed by atoms with Gasteiger partial charge < -0.3 is 4.57 Å². The number of pyridine rings is 1. The van der Waals surface area contributed by atoms with Crippen molar-refractivity contribution in [3.8, 4) is 11.3 Å². The van der Waals surface area contributed by atoms with E-state index in [0.29, 0.717) is 0 Å². The van der Waals surface area contributed by atoms with Crippen LogP contribution < -0.4 is 5.56 Å². The molecule has 0 atom stereocenters. The maximum absolute atomic E-state index is 12.5. The fraction of sp³-hybridized carbons (Fsp3) is 0.294. The van der Waals surface area contributed by atoms with E-state index in [1.807, 2.05) is 45.9 Å². The van der Waals surface area contributed by atoms with Crippen LogP contribution in [0, 0.1) is 13.8 Å². The molecule has 0 unspecified atom stereocenters. The Labute approximate surface area is 129 Å². The van der Waals surface area contributed by atoms with Crippen molar-refractivity contribution in [1.82, 2.24) is 4.57 Å². The quantitative estimate of drug-likeness (QED) is 0.801. The molecule has 3 nitrogen and oxygen atoms in total. The van der Waals surface area contributed by atoms with Gasteiger partial charge in [0.2, 0.25) is 0 Å². The summed E-state index contributed by atoms with van der Waals surface area (Å²) in [6.45, 7) is 7.85. The Morgan fingerprint density at radius 1 is 1.14 bits per heavy atom. The second-order valence-corrected chi connectivity index (χ2v) is 5.84. The molecule has 0 spiro atoms. The molecule has 0 bridgehead atoms. The minimum atomic E-state index is -0.720. The van der Waals surface area contributed by atoms with Gasteiger partial charge in [-0.15, -0.1) is 0 Å². The highest BCUT2D eigenvalue weighted by Gasteiger charge is 2.17. The molecule has 1 heterocycles. The van der Waals surface area contributed by atoms with Crippen LogP contribution >= 0.6 is 11.6 Å². The third-order valence-corrected chi connectivity index (χ3v) is 3.72. The summed E-state index contributed by atoms with van der Waals surface area (Å²) in [7, 11) is 0. The number of carbonyl (C=O) groups excluding carboxylic acids is 1. The lowest BCUT2D eigenvalue weighted by atomic mass is 10.0. The van der Waals surface area contributed by atoms with Crippen molar-refractivity contribution in [3.63, 3.8) is 0 Å². The second kappa shape index (κ2) is 5.86. The monoisotopic (exact) mass is 303 g/mol. The molecular weight excluding hydrogens is 286 g/mol. The van der Waals surface area contributed by atoms with Crippen molar-refractivity contribution < 1.29 is 4.79 Å². The van der Waals surface area contributed by atoms with Crippen LogP contribution in [0.1, 0.15) is 41.4 Å². The number of hydrogen-bond acceptors (Lipinski definition) is 2. The number of halogens is 1. The molecule has 0 aliphatic carbocycles. The van der Waals surface area contributed by atoms with Crippen molar-refractivity contribution in [3.05, 3.63) is 57.4 Å². The minimum Gasteiger partial charge on any atom is -0.305 e. The Hall–Kier alpha value is -1.87. The summed E-state index contributed by atoms with van der Waals surface area (Å²) in [6, 6.07) is 9.34. The van der Waals surface area contributed by atoms with E-state index in [1.54, 1.807) is 10.6 Å². The van der Waals surface area contributed by atoms with Crippen molar-refractivity contribution in [2.24, 2.45) is 0 Å². The molecule has 0 amide bonds. The molecule has 0 aliphatic rings. The first-order chi connectivity index (χ1) is 9.82. The van der Waals surface area contributed by atoms with Gasteiger partial charge in [-0.3, -0.25) is 9.59 Å². The highest BCUT2D eigenvalue weighted by Crippen LogP contribution is 2.26. The SMILES string of the molecule is Cc1ccc(C)c(-c2ccc(C(=O)Cl)c(=O)n2C(C)C)c1. The average molecular weight is 304 g/mol. The first-order valence-corrected chi connectivity index (χ1v) is 7.23. The lowest BCUT2D eigenvalue weighted by molar-refractivity contribution is 0.107. The molecule has 0 radical (unpaired) electrons. The third kappa shape index (κ3) is 2.93. The second-order valence-electron chi connectivity index (χ2n) is 5.49. The number of rotatable bonds is 3. The van der Waals surface area contributed by atoms with Crippen LogP contribution in [0.15, 0.2) is 35.1 Å². The predicted octanol–water partition coefficient (Wildman–Crippen LogP) is 4.09. The van der Waals surface area contributed by atoms with E-state index in [0.717, 1.165) is 22.4 Å². The standard InChI is InChI=1S/C17H18ClNO2/c1-10(2)19-15(8-7-13(16(18)20)17(19)21)14-9-11(3)5-6-12(14)4/h5-10H,1-4H3. The van der Waals surface area contributed by atoms with E-state index in [2.05, 4.69) is 0 Å². The van der Waals surface area contributed by atoms with Crippen LogP contribution in [0.4, 0.5) is 0 Å². The lowest BCUT2D eigenvalue weighted by Crippen LogP contribution is -2.27. The highest BCUT2D eigenvalue weighted by molar-refractivity contribution is 6.67. The van der Waals surface area contributed by atoms with Crippen molar-refractivity contribution in [1.29, 1.82) is 0 Å². The summed E-state index contributed by atoms with van der Waals surface area (Å²) < 4.78 is 1.62. The normalized spacial score (nSPS) is 11.0. The molecular formula is C17H18ClNO2. The van der Waals surface area contributed by atoms with Gasteiger partial charge in [0.25, 0.3) is 10.8 Å². The summed E-state index contributed by atoms with van der Waals surface area (Å²) >= 11 is 5.49. The molecule has 0 N–H and O–H groups in total. The average Bonchev–Trinajstić information content (AvgIpc) is 2.40. The Bertz CT molecular complexity index is 760. The predicted molar refractivity (Wildman–Crippen MR) is 86.2 cm³/mol. The summed E-state index contributed by atoms with van der Waals surface area (Å²) in [5.74, 6) is 0. The summed E-state index contributed by atoms with van der Waals surface area (Å²) in [5, 5.41) is -0.720. The van der Waals surface area contributed by atoms with Crippen LogP contribution in [0.5, 0.6) is 0 Å². The van der Waals surface area contributed by atoms with Gasteiger partial charge in [-0.1, -0.05) is 17.7 Å². The van der Waals surface area contributed by atoms with E-state index in [4.69, 9.17) is 11.6 Å². The summed E-state index contributed by atoms with van der Waals surface area (Å²) in [6.07, 6.45) is 0. The third-order valence-electron chi connectivity index (χ3n) is 3.51. The van der Waals surface area contributed by atoms with Gasteiger partial charge >= 0.3 is 0 Å². The van der Waals surface area contributed by atoms with E-state index < -0.39 is 5.24 Å². The Morgan fingerprint density at radius 3 is 2.38 bits per heavy atom. The van der Waals surface area contributed by atoms with E-state index in [9.17, 15) is 9.59 Å². The van der Waals surface area contributed by atoms with Crippen molar-refractivity contribution in [2.75, 3.05) is 0 Å². The van der Waals surface area contributed by atoms with Crippen molar-refractivity contribution in [2.45, 2.75) is 33.7 Å². The summed E-state index contributed by atoms with van der Waals surface area (Å²) in [4.78, 5) is 23.9. The topological polar surface area (TPSA) is 39.1 Å². The number of benzene rings is 1.